The van der Waals surface area contributed by atoms with E-state index < -0.39 is 10.2 Å². The summed E-state index contributed by atoms with van der Waals surface area (Å²) in [6, 6.07) is 16.7. The Bertz CT molecular complexity index is 1340. The normalized spacial score (nSPS) is 11.9. The maximum atomic E-state index is 12.3. The predicted molar refractivity (Wildman–Crippen MR) is 131 cm³/mol. The Labute approximate surface area is 193 Å². The fourth-order valence-electron chi connectivity index (χ4n) is 3.83. The van der Waals surface area contributed by atoms with Gasteiger partial charge in [0.2, 0.25) is 0 Å². The Morgan fingerprint density at radius 3 is 2.58 bits per heavy atom. The predicted octanol–water partition coefficient (Wildman–Crippen LogP) is 3.08. The van der Waals surface area contributed by atoms with Gasteiger partial charge in [-0.15, -0.1) is 0 Å². The Balaban J connectivity index is 1.47. The SMILES string of the molecule is COCCc1nc2c(N)nc3ccccc3c2n1CCCCNS(=O)(=O)Nc1ccccc1. The number of nitrogen functional groups attached to an aromatic ring is 1. The van der Waals surface area contributed by atoms with Crippen molar-refractivity contribution >= 4 is 43.7 Å². The molecule has 0 atom stereocenters. The molecular weight excluding hydrogens is 440 g/mol. The topological polar surface area (TPSA) is 124 Å². The zero-order valence-corrected chi connectivity index (χ0v) is 19.3. The first kappa shape index (κ1) is 23.0. The van der Waals surface area contributed by atoms with Crippen LogP contribution in [-0.4, -0.2) is 43.2 Å². The molecule has 10 heteroatoms. The number of imidazole rings is 1. The van der Waals surface area contributed by atoms with Gasteiger partial charge in [-0.25, -0.2) is 9.97 Å². The largest absolute Gasteiger partial charge is 0.384 e. The molecule has 0 spiro atoms. The summed E-state index contributed by atoms with van der Waals surface area (Å²) in [6.07, 6.45) is 2.07. The van der Waals surface area contributed by atoms with Gasteiger partial charge in [-0.05, 0) is 31.0 Å². The molecule has 0 aliphatic rings. The molecule has 2 aromatic heterocycles. The van der Waals surface area contributed by atoms with Crippen molar-refractivity contribution < 1.29 is 13.2 Å². The van der Waals surface area contributed by atoms with Gasteiger partial charge < -0.3 is 15.0 Å². The smallest absolute Gasteiger partial charge is 0.299 e. The summed E-state index contributed by atoms with van der Waals surface area (Å²) in [5.74, 6) is 1.28. The summed E-state index contributed by atoms with van der Waals surface area (Å²) in [5.41, 5.74) is 9.21. The number of pyridine rings is 1. The molecule has 0 unspecified atom stereocenters. The van der Waals surface area contributed by atoms with Gasteiger partial charge in [0, 0.05) is 37.7 Å². The van der Waals surface area contributed by atoms with Gasteiger partial charge in [-0.1, -0.05) is 36.4 Å². The van der Waals surface area contributed by atoms with Crippen LogP contribution in [-0.2, 0) is 27.9 Å². The third-order valence-corrected chi connectivity index (χ3v) is 6.43. The van der Waals surface area contributed by atoms with Gasteiger partial charge in [0.25, 0.3) is 10.2 Å². The molecule has 9 nitrogen and oxygen atoms in total. The molecule has 2 heterocycles. The van der Waals surface area contributed by atoms with Crippen LogP contribution in [0.4, 0.5) is 11.5 Å². The zero-order chi connectivity index (χ0) is 23.3. The van der Waals surface area contributed by atoms with Crippen LogP contribution in [0.1, 0.15) is 18.7 Å². The van der Waals surface area contributed by atoms with Crippen molar-refractivity contribution in [1.82, 2.24) is 19.3 Å². The summed E-state index contributed by atoms with van der Waals surface area (Å²) in [6.45, 7) is 1.54. The zero-order valence-electron chi connectivity index (χ0n) is 18.5. The highest BCUT2D eigenvalue weighted by atomic mass is 32.2. The number of nitrogens with one attached hydrogen (secondary N) is 2. The number of nitrogens with two attached hydrogens (primary N) is 1. The number of aromatic nitrogens is 3. The Hall–Kier alpha value is -3.21. The van der Waals surface area contributed by atoms with Crippen LogP contribution in [0.25, 0.3) is 21.9 Å². The van der Waals surface area contributed by atoms with Crippen LogP contribution in [0, 0.1) is 0 Å². The number of methoxy groups -OCH3 is 1. The number of aryl methyl sites for hydroxylation is 1. The molecular formula is C23H28N6O3S. The fraction of sp³-hybridized carbons (Fsp3) is 0.304. The van der Waals surface area contributed by atoms with Crippen molar-refractivity contribution in [2.75, 3.05) is 30.7 Å². The molecule has 4 N–H and O–H groups in total. The average Bonchev–Trinajstić information content (AvgIpc) is 3.17. The van der Waals surface area contributed by atoms with Crippen molar-refractivity contribution in [3.8, 4) is 0 Å². The maximum absolute atomic E-state index is 12.3. The summed E-state index contributed by atoms with van der Waals surface area (Å²) < 4.78 is 37.0. The number of ether oxygens (including phenoxy) is 1. The minimum absolute atomic E-state index is 0.326. The van der Waals surface area contributed by atoms with E-state index in [9.17, 15) is 8.42 Å². The van der Waals surface area contributed by atoms with Crippen LogP contribution in [0.2, 0.25) is 0 Å². The van der Waals surface area contributed by atoms with E-state index >= 15 is 0 Å². The Morgan fingerprint density at radius 1 is 1.03 bits per heavy atom. The fourth-order valence-corrected chi connectivity index (χ4v) is 4.76. The second-order valence-corrected chi connectivity index (χ2v) is 9.21. The van der Waals surface area contributed by atoms with Crippen LogP contribution in [0.3, 0.4) is 0 Å². The molecule has 33 heavy (non-hydrogen) atoms. The molecule has 0 radical (unpaired) electrons. The van der Waals surface area contributed by atoms with Crippen LogP contribution < -0.4 is 15.2 Å². The number of nitrogens with zero attached hydrogens (tertiary/aromatic N) is 3. The summed E-state index contributed by atoms with van der Waals surface area (Å²) >= 11 is 0. The summed E-state index contributed by atoms with van der Waals surface area (Å²) in [7, 11) is -1.96. The summed E-state index contributed by atoms with van der Waals surface area (Å²) in [4.78, 5) is 9.26. The first-order valence-electron chi connectivity index (χ1n) is 10.8. The van der Waals surface area contributed by atoms with E-state index in [1.54, 1.807) is 31.4 Å². The number of hydrogen-bond acceptors (Lipinski definition) is 6. The monoisotopic (exact) mass is 468 g/mol. The highest BCUT2D eigenvalue weighted by Gasteiger charge is 2.17. The minimum atomic E-state index is -3.62. The minimum Gasteiger partial charge on any atom is -0.384 e. The molecule has 0 bridgehead atoms. The lowest BCUT2D eigenvalue weighted by Crippen LogP contribution is -2.31. The van der Waals surface area contributed by atoms with E-state index in [0.717, 1.165) is 28.7 Å². The van der Waals surface area contributed by atoms with Crippen molar-refractivity contribution in [3.63, 3.8) is 0 Å². The highest BCUT2D eigenvalue weighted by Crippen LogP contribution is 2.29. The number of benzene rings is 2. The van der Waals surface area contributed by atoms with E-state index in [-0.39, 0.29) is 0 Å². The molecule has 4 rings (SSSR count). The lowest BCUT2D eigenvalue weighted by atomic mass is 10.2. The molecule has 0 aliphatic carbocycles. The number of anilines is 2. The number of rotatable bonds is 11. The lowest BCUT2D eigenvalue weighted by molar-refractivity contribution is 0.199. The number of fused-ring (bicyclic) bond motifs is 3. The maximum Gasteiger partial charge on any atom is 0.299 e. The molecule has 2 aromatic carbocycles. The van der Waals surface area contributed by atoms with Gasteiger partial charge in [-0.3, -0.25) is 4.72 Å². The van der Waals surface area contributed by atoms with E-state index in [4.69, 9.17) is 15.5 Å². The third kappa shape index (κ3) is 5.41. The van der Waals surface area contributed by atoms with Gasteiger partial charge in [0.05, 0.1) is 17.6 Å². The summed E-state index contributed by atoms with van der Waals surface area (Å²) in [5, 5.41) is 0.991. The van der Waals surface area contributed by atoms with E-state index in [1.807, 2.05) is 30.3 Å². The first-order chi connectivity index (χ1) is 16.0. The van der Waals surface area contributed by atoms with Crippen LogP contribution >= 0.6 is 0 Å². The first-order valence-corrected chi connectivity index (χ1v) is 12.3. The number of unbranched alkanes of at least 4 members (excludes halogenated alkanes) is 1. The van der Waals surface area contributed by atoms with Gasteiger partial charge in [-0.2, -0.15) is 13.1 Å². The lowest BCUT2D eigenvalue weighted by Gasteiger charge is -2.12. The molecule has 0 amide bonds. The van der Waals surface area contributed by atoms with Crippen molar-refractivity contribution in [1.29, 1.82) is 0 Å². The van der Waals surface area contributed by atoms with E-state index in [0.29, 0.717) is 49.6 Å². The van der Waals surface area contributed by atoms with Gasteiger partial charge in [0.1, 0.15) is 11.3 Å². The van der Waals surface area contributed by atoms with Gasteiger partial charge in [0.15, 0.2) is 5.82 Å². The molecule has 0 saturated heterocycles. The molecule has 0 fully saturated rings. The van der Waals surface area contributed by atoms with Crippen molar-refractivity contribution in [2.45, 2.75) is 25.8 Å². The molecule has 4 aromatic rings. The molecule has 0 saturated carbocycles. The van der Waals surface area contributed by atoms with Crippen molar-refractivity contribution in [2.24, 2.45) is 0 Å². The van der Waals surface area contributed by atoms with Crippen LogP contribution in [0.5, 0.6) is 0 Å². The Morgan fingerprint density at radius 2 is 1.79 bits per heavy atom. The number of para-hydroxylation sites is 2. The van der Waals surface area contributed by atoms with Gasteiger partial charge >= 0.3 is 0 Å². The Kier molecular flexibility index (Phi) is 7.07. The molecule has 0 aliphatic heterocycles. The van der Waals surface area contributed by atoms with Crippen LogP contribution in [0.15, 0.2) is 54.6 Å². The third-order valence-electron chi connectivity index (χ3n) is 5.35. The second-order valence-electron chi connectivity index (χ2n) is 7.71. The number of hydrogen-bond donors (Lipinski definition) is 3. The van der Waals surface area contributed by atoms with E-state index in [2.05, 4.69) is 19.0 Å². The average molecular weight is 469 g/mol. The highest BCUT2D eigenvalue weighted by molar-refractivity contribution is 7.90. The quantitative estimate of drug-likeness (QED) is 0.291. The standard InChI is InChI=1S/C23H28N6O3S/c1-32-16-13-20-27-21-22(18-11-5-6-12-19(18)26-23(21)24)29(20)15-8-7-14-25-33(30,31)28-17-9-3-2-4-10-17/h2-6,9-12,25,28H,7-8,13-16H2,1H3,(H2,24,26). The molecule has 174 valence electrons. The second kappa shape index (κ2) is 10.2. The van der Waals surface area contributed by atoms with Crippen molar-refractivity contribution in [3.05, 3.63) is 60.4 Å². The van der Waals surface area contributed by atoms with E-state index in [1.165, 1.54) is 0 Å².